The fraction of sp³-hybridized carbons (Fsp3) is 0.444. The Labute approximate surface area is 230 Å². The van der Waals surface area contributed by atoms with Gasteiger partial charge in [-0.05, 0) is 38.4 Å². The zero-order valence-electron chi connectivity index (χ0n) is 21.8. The molecular formula is C27H32FN7O3S. The van der Waals surface area contributed by atoms with Crippen molar-refractivity contribution in [1.82, 2.24) is 24.8 Å². The van der Waals surface area contributed by atoms with Gasteiger partial charge in [0.25, 0.3) is 5.91 Å². The Balaban J connectivity index is 1.25. The highest BCUT2D eigenvalue weighted by Crippen LogP contribution is 2.34. The first-order valence-electron chi connectivity index (χ1n) is 13.2. The number of nitrogens with one attached hydrogen (secondary N) is 1. The largest absolute Gasteiger partial charge is 0.481 e. The summed E-state index contributed by atoms with van der Waals surface area (Å²) in [6.45, 7) is 7.34. The number of carboxylic acids is 1. The Bertz CT molecular complexity index is 1310. The molecule has 39 heavy (non-hydrogen) atoms. The molecule has 0 aliphatic carbocycles. The molecule has 10 nitrogen and oxygen atoms in total. The lowest BCUT2D eigenvalue weighted by molar-refractivity contribution is -0.137. The summed E-state index contributed by atoms with van der Waals surface area (Å²) < 4.78 is 14.0. The van der Waals surface area contributed by atoms with E-state index in [1.807, 2.05) is 6.07 Å². The van der Waals surface area contributed by atoms with Gasteiger partial charge in [-0.25, -0.2) is 19.3 Å². The zero-order valence-corrected chi connectivity index (χ0v) is 22.7. The zero-order chi connectivity index (χ0) is 27.4. The van der Waals surface area contributed by atoms with Gasteiger partial charge in [0.1, 0.15) is 17.3 Å². The van der Waals surface area contributed by atoms with Crippen molar-refractivity contribution in [2.24, 2.45) is 0 Å². The minimum Gasteiger partial charge on any atom is -0.481 e. The third kappa shape index (κ3) is 6.75. The van der Waals surface area contributed by atoms with E-state index >= 15 is 0 Å². The molecule has 2 aliphatic heterocycles. The molecule has 5 rings (SSSR count). The van der Waals surface area contributed by atoms with Crippen molar-refractivity contribution in [2.75, 3.05) is 49.5 Å². The number of rotatable bonds is 9. The van der Waals surface area contributed by atoms with Gasteiger partial charge in [-0.3, -0.25) is 24.7 Å². The van der Waals surface area contributed by atoms with Crippen molar-refractivity contribution >= 4 is 34.2 Å². The second-order valence-electron chi connectivity index (χ2n) is 9.95. The number of likely N-dealkylation sites (tertiary alicyclic amines) is 1. The Morgan fingerprint density at radius 2 is 1.97 bits per heavy atom. The van der Waals surface area contributed by atoms with Crippen molar-refractivity contribution in [2.45, 2.75) is 38.8 Å². The summed E-state index contributed by atoms with van der Waals surface area (Å²) >= 11 is 1.40. The molecule has 0 bridgehead atoms. The molecule has 206 valence electrons. The molecule has 1 aromatic carbocycles. The van der Waals surface area contributed by atoms with Crippen LogP contribution in [0.1, 0.15) is 41.6 Å². The number of nitrogens with zero attached hydrogens (tertiary/aromatic N) is 6. The predicted molar refractivity (Wildman–Crippen MR) is 148 cm³/mol. The van der Waals surface area contributed by atoms with Crippen LogP contribution >= 0.6 is 11.3 Å². The maximum atomic E-state index is 14.0. The second kappa shape index (κ2) is 12.1. The molecule has 2 saturated heterocycles. The highest BCUT2D eigenvalue weighted by molar-refractivity contribution is 7.16. The number of anilines is 2. The lowest BCUT2D eigenvalue weighted by atomic mass is 10.1. The van der Waals surface area contributed by atoms with Crippen LogP contribution in [0.25, 0.3) is 11.3 Å². The van der Waals surface area contributed by atoms with E-state index in [1.54, 1.807) is 12.3 Å². The molecule has 2 aromatic heterocycles. The standard InChI is InChI=1S/C27H32FN7O3S/c1-18-4-3-8-35(18)17-22-25(19-5-2-6-20(28)14-19)31-27(39-22)32-26(38)21-15-30-23(16-29-21)34-12-10-33(11-13-34)9-7-24(36)37/h2,5-6,14-16,18H,3-4,7-13,17H2,1H3,(H,36,37)(H,31,32,38). The van der Waals surface area contributed by atoms with Crippen LogP contribution in [0.3, 0.4) is 0 Å². The number of amides is 1. The van der Waals surface area contributed by atoms with Crippen molar-refractivity contribution in [3.05, 3.63) is 53.0 Å². The van der Waals surface area contributed by atoms with Crippen molar-refractivity contribution in [3.63, 3.8) is 0 Å². The van der Waals surface area contributed by atoms with E-state index in [9.17, 15) is 14.0 Å². The van der Waals surface area contributed by atoms with Crippen LogP contribution in [0.2, 0.25) is 0 Å². The van der Waals surface area contributed by atoms with Gasteiger partial charge >= 0.3 is 5.97 Å². The molecule has 0 spiro atoms. The van der Waals surface area contributed by atoms with E-state index in [0.29, 0.717) is 54.4 Å². The monoisotopic (exact) mass is 553 g/mol. The van der Waals surface area contributed by atoms with Gasteiger partial charge in [-0.2, -0.15) is 0 Å². The number of thiazole rings is 1. The molecule has 0 radical (unpaired) electrons. The van der Waals surface area contributed by atoms with Crippen LogP contribution in [-0.4, -0.2) is 87.0 Å². The van der Waals surface area contributed by atoms with Gasteiger partial charge in [0.2, 0.25) is 0 Å². The van der Waals surface area contributed by atoms with Crippen molar-refractivity contribution in [3.8, 4) is 11.3 Å². The average molecular weight is 554 g/mol. The molecule has 1 amide bonds. The second-order valence-corrected chi connectivity index (χ2v) is 11.0. The summed E-state index contributed by atoms with van der Waals surface area (Å²) in [5.74, 6) is -0.858. The molecule has 12 heteroatoms. The van der Waals surface area contributed by atoms with E-state index in [4.69, 9.17) is 5.11 Å². The highest BCUT2D eigenvalue weighted by Gasteiger charge is 2.25. The third-order valence-electron chi connectivity index (χ3n) is 7.26. The van der Waals surface area contributed by atoms with Gasteiger partial charge in [-0.15, -0.1) is 0 Å². The first-order chi connectivity index (χ1) is 18.9. The van der Waals surface area contributed by atoms with Gasteiger partial charge in [0.15, 0.2) is 5.13 Å². The first kappa shape index (κ1) is 27.1. The number of halogens is 1. The number of hydrogen-bond donors (Lipinski definition) is 2. The third-order valence-corrected chi connectivity index (χ3v) is 8.22. The fourth-order valence-corrected chi connectivity index (χ4v) is 6.01. The fourth-order valence-electron chi connectivity index (χ4n) is 5.00. The van der Waals surface area contributed by atoms with E-state index in [-0.39, 0.29) is 17.9 Å². The summed E-state index contributed by atoms with van der Waals surface area (Å²) in [4.78, 5) is 44.8. The Morgan fingerprint density at radius 3 is 2.64 bits per heavy atom. The number of hydrogen-bond acceptors (Lipinski definition) is 9. The van der Waals surface area contributed by atoms with Gasteiger partial charge in [0, 0.05) is 55.8 Å². The molecule has 0 saturated carbocycles. The van der Waals surface area contributed by atoms with Crippen LogP contribution in [-0.2, 0) is 11.3 Å². The van der Waals surface area contributed by atoms with E-state index in [1.165, 1.54) is 29.7 Å². The van der Waals surface area contributed by atoms with E-state index < -0.39 is 11.9 Å². The number of piperazine rings is 1. The number of carbonyl (C=O) groups excluding carboxylic acids is 1. The molecule has 2 N–H and O–H groups in total. The van der Waals surface area contributed by atoms with Crippen LogP contribution in [0, 0.1) is 5.82 Å². The molecule has 2 aliphatic rings. The number of aromatic nitrogens is 3. The molecule has 2 fully saturated rings. The Morgan fingerprint density at radius 1 is 1.15 bits per heavy atom. The minimum atomic E-state index is -0.794. The van der Waals surface area contributed by atoms with Gasteiger partial charge < -0.3 is 10.0 Å². The summed E-state index contributed by atoms with van der Waals surface area (Å²) in [5.41, 5.74) is 1.54. The maximum Gasteiger partial charge on any atom is 0.304 e. The normalized spacial score (nSPS) is 18.4. The minimum absolute atomic E-state index is 0.130. The van der Waals surface area contributed by atoms with Crippen LogP contribution in [0.4, 0.5) is 15.3 Å². The predicted octanol–water partition coefficient (Wildman–Crippen LogP) is 3.57. The molecule has 1 atom stereocenters. The smallest absolute Gasteiger partial charge is 0.304 e. The van der Waals surface area contributed by atoms with E-state index in [0.717, 1.165) is 37.4 Å². The van der Waals surface area contributed by atoms with Crippen molar-refractivity contribution in [1.29, 1.82) is 0 Å². The summed E-state index contributed by atoms with van der Waals surface area (Å²) in [5, 5.41) is 12.2. The molecule has 1 unspecified atom stereocenters. The quantitative estimate of drug-likeness (QED) is 0.410. The van der Waals surface area contributed by atoms with Gasteiger partial charge in [0.05, 0.1) is 24.5 Å². The lowest BCUT2D eigenvalue weighted by Crippen LogP contribution is -2.47. The van der Waals surface area contributed by atoms with Crippen LogP contribution in [0.15, 0.2) is 36.7 Å². The van der Waals surface area contributed by atoms with E-state index in [2.05, 4.69) is 41.9 Å². The SMILES string of the molecule is CC1CCCN1Cc1sc(NC(=O)c2cnc(N3CCN(CCC(=O)O)CC3)cn2)nc1-c1cccc(F)c1. The van der Waals surface area contributed by atoms with Crippen LogP contribution < -0.4 is 10.2 Å². The summed E-state index contributed by atoms with van der Waals surface area (Å²) in [7, 11) is 0. The Kier molecular flexibility index (Phi) is 8.44. The number of benzene rings is 1. The van der Waals surface area contributed by atoms with Gasteiger partial charge in [-0.1, -0.05) is 23.5 Å². The number of carbonyl (C=O) groups is 2. The first-order valence-corrected chi connectivity index (χ1v) is 14.0. The van der Waals surface area contributed by atoms with Crippen LogP contribution in [0.5, 0.6) is 0 Å². The summed E-state index contributed by atoms with van der Waals surface area (Å²) in [6, 6.07) is 6.83. The molecular weight excluding hydrogens is 521 g/mol. The number of carboxylic acid groups (broad SMARTS) is 1. The number of aliphatic carboxylic acids is 1. The topological polar surface area (TPSA) is 115 Å². The highest BCUT2D eigenvalue weighted by atomic mass is 32.1. The van der Waals surface area contributed by atoms with Crippen molar-refractivity contribution < 1.29 is 19.1 Å². The average Bonchev–Trinajstić information content (AvgIpc) is 3.53. The lowest BCUT2D eigenvalue weighted by Gasteiger charge is -2.34. The molecule has 4 heterocycles. The Hall–Kier alpha value is -3.48. The maximum absolute atomic E-state index is 14.0. The molecule has 3 aromatic rings. The summed E-state index contributed by atoms with van der Waals surface area (Å²) in [6.07, 6.45) is 5.46.